The van der Waals surface area contributed by atoms with Gasteiger partial charge in [-0.15, -0.1) is 0 Å². The van der Waals surface area contributed by atoms with Gasteiger partial charge in [0.25, 0.3) is 0 Å². The van der Waals surface area contributed by atoms with Crippen LogP contribution < -0.4 is 0 Å². The van der Waals surface area contributed by atoms with Crippen LogP contribution >= 0.6 is 0 Å². The van der Waals surface area contributed by atoms with Crippen LogP contribution in [0.4, 0.5) is 0 Å². The number of rotatable bonds is 20. The molecule has 2 saturated heterocycles. The van der Waals surface area contributed by atoms with E-state index in [0.29, 0.717) is 0 Å². The molecule has 5 unspecified atom stereocenters. The molecule has 2 aliphatic rings. The Labute approximate surface area is 370 Å². The third kappa shape index (κ3) is 16.0. The number of hydrogen-bond acceptors (Lipinski definition) is 19. The van der Waals surface area contributed by atoms with E-state index in [9.17, 15) is 38.4 Å². The first-order chi connectivity index (χ1) is 29.2. The van der Waals surface area contributed by atoms with Crippen molar-refractivity contribution in [1.82, 2.24) is 0 Å². The highest BCUT2D eigenvalue weighted by Gasteiger charge is 2.59. The molecule has 0 aromatic carbocycles. The number of hydrogen-bond donors (Lipinski definition) is 0. The van der Waals surface area contributed by atoms with E-state index in [1.165, 1.54) is 27.7 Å². The molecular weight excluding hydrogens is 832 g/mol. The number of esters is 8. The van der Waals surface area contributed by atoms with Crippen LogP contribution in [-0.4, -0.2) is 122 Å². The lowest BCUT2D eigenvalue weighted by Gasteiger charge is -2.48. The van der Waals surface area contributed by atoms with Crippen LogP contribution in [0, 0.1) is 47.3 Å². The highest BCUT2D eigenvalue weighted by molar-refractivity contribution is 5.75. The monoisotopic (exact) mass is 902 g/mol. The van der Waals surface area contributed by atoms with Gasteiger partial charge in [0.05, 0.1) is 47.3 Å². The van der Waals surface area contributed by atoms with Crippen molar-refractivity contribution >= 4 is 47.8 Å². The number of ether oxygens (including phenoxy) is 11. The molecular formula is C44H70O19. The lowest BCUT2D eigenvalue weighted by molar-refractivity contribution is -0.378. The number of carbonyl (C=O) groups excluding carboxylic acids is 8. The van der Waals surface area contributed by atoms with Gasteiger partial charge in [-0.25, -0.2) is 0 Å². The molecule has 2 aliphatic heterocycles. The second kappa shape index (κ2) is 24.6. The van der Waals surface area contributed by atoms with Crippen molar-refractivity contribution in [3.8, 4) is 0 Å². The molecule has 0 bridgehead atoms. The maximum Gasteiger partial charge on any atom is 0.308 e. The average molecular weight is 903 g/mol. The van der Waals surface area contributed by atoms with Crippen LogP contribution in [0.5, 0.6) is 0 Å². The van der Waals surface area contributed by atoms with E-state index in [1.807, 2.05) is 0 Å². The van der Waals surface area contributed by atoms with Gasteiger partial charge in [-0.05, 0) is 0 Å². The fourth-order valence-corrected chi connectivity index (χ4v) is 5.46. The fourth-order valence-electron chi connectivity index (χ4n) is 5.46. The van der Waals surface area contributed by atoms with E-state index in [-0.39, 0.29) is 0 Å². The van der Waals surface area contributed by atoms with Crippen molar-refractivity contribution in [2.75, 3.05) is 13.2 Å². The van der Waals surface area contributed by atoms with Gasteiger partial charge in [-0.3, -0.25) is 38.4 Å². The summed E-state index contributed by atoms with van der Waals surface area (Å²) >= 11 is 0. The van der Waals surface area contributed by atoms with E-state index >= 15 is 0 Å². The van der Waals surface area contributed by atoms with Gasteiger partial charge < -0.3 is 52.1 Å². The van der Waals surface area contributed by atoms with Gasteiger partial charge >= 0.3 is 47.8 Å². The van der Waals surface area contributed by atoms with Crippen molar-refractivity contribution < 1.29 is 90.5 Å². The summed E-state index contributed by atoms with van der Waals surface area (Å²) in [7, 11) is 0. The van der Waals surface area contributed by atoms with Crippen LogP contribution in [0.3, 0.4) is 0 Å². The first-order valence-corrected chi connectivity index (χ1v) is 21.7. The van der Waals surface area contributed by atoms with Gasteiger partial charge in [0.15, 0.2) is 36.6 Å². The Morgan fingerprint density at radius 2 is 0.524 bits per heavy atom. The SMILES string of the molecule is CC(C)C(=O)OCC1O[C@@H](O[C@H]2OC(COC(=O)C(C)C)[C@@H](OC(=O)C(C)C)[C@H](OC(=O)C(C)C)C2OC(=O)C(C)C)C(OC(=O)C(C)C)C(OC(=O)C(C)C)[C@H]1OC(=O)C(C)C. The molecule has 0 amide bonds. The summed E-state index contributed by atoms with van der Waals surface area (Å²) in [6.45, 7) is 23.7. The fraction of sp³-hybridized carbons (Fsp3) is 0.818. The van der Waals surface area contributed by atoms with E-state index in [4.69, 9.17) is 52.1 Å². The minimum absolute atomic E-state index is 0.597. The molecule has 19 heteroatoms. The van der Waals surface area contributed by atoms with Gasteiger partial charge in [0.2, 0.25) is 12.6 Å². The third-order valence-electron chi connectivity index (χ3n) is 9.52. The Balaban J connectivity index is 3.00. The van der Waals surface area contributed by atoms with E-state index in [0.717, 1.165) is 0 Å². The molecule has 10 atom stereocenters. The van der Waals surface area contributed by atoms with Crippen LogP contribution in [0.2, 0.25) is 0 Å². The lowest BCUT2D eigenvalue weighted by atomic mass is 9.96. The molecule has 2 heterocycles. The first-order valence-electron chi connectivity index (χ1n) is 21.7. The predicted octanol–water partition coefficient (Wildman–Crippen LogP) is 4.26. The molecule has 19 nitrogen and oxygen atoms in total. The second-order valence-electron chi connectivity index (χ2n) is 18.1. The second-order valence-corrected chi connectivity index (χ2v) is 18.1. The third-order valence-corrected chi connectivity index (χ3v) is 9.52. The van der Waals surface area contributed by atoms with E-state index < -0.39 is 170 Å². The van der Waals surface area contributed by atoms with Gasteiger partial charge in [0.1, 0.15) is 25.4 Å². The maximum atomic E-state index is 13.5. The average Bonchev–Trinajstić information content (AvgIpc) is 3.19. The largest absolute Gasteiger partial charge is 0.463 e. The molecule has 0 radical (unpaired) electrons. The first kappa shape index (κ1) is 54.8. The molecule has 2 fully saturated rings. The van der Waals surface area contributed by atoms with E-state index in [2.05, 4.69) is 0 Å². The Bertz CT molecular complexity index is 1470. The molecule has 2 rings (SSSR count). The Morgan fingerprint density at radius 1 is 0.317 bits per heavy atom. The molecule has 0 aliphatic carbocycles. The maximum absolute atomic E-state index is 13.5. The summed E-state index contributed by atoms with van der Waals surface area (Å²) in [6.07, 6.45) is -16.8. The highest BCUT2D eigenvalue weighted by Crippen LogP contribution is 2.37. The van der Waals surface area contributed by atoms with E-state index in [1.54, 1.807) is 83.1 Å². The zero-order chi connectivity index (χ0) is 48.2. The van der Waals surface area contributed by atoms with Crippen LogP contribution in [-0.2, 0) is 90.5 Å². The Kier molecular flexibility index (Phi) is 21.4. The van der Waals surface area contributed by atoms with Crippen molar-refractivity contribution in [2.24, 2.45) is 47.3 Å². The van der Waals surface area contributed by atoms with Gasteiger partial charge in [-0.2, -0.15) is 0 Å². The van der Waals surface area contributed by atoms with Crippen molar-refractivity contribution in [3.05, 3.63) is 0 Å². The molecule has 63 heavy (non-hydrogen) atoms. The molecule has 0 N–H and O–H groups in total. The molecule has 360 valence electrons. The van der Waals surface area contributed by atoms with Crippen LogP contribution in [0.1, 0.15) is 111 Å². The van der Waals surface area contributed by atoms with Crippen molar-refractivity contribution in [2.45, 2.75) is 172 Å². The minimum Gasteiger partial charge on any atom is -0.463 e. The minimum atomic E-state index is -1.89. The van der Waals surface area contributed by atoms with Crippen molar-refractivity contribution in [1.29, 1.82) is 0 Å². The van der Waals surface area contributed by atoms with Gasteiger partial charge in [-0.1, -0.05) is 111 Å². The predicted molar refractivity (Wildman–Crippen MR) is 218 cm³/mol. The Hall–Kier alpha value is -4.36. The zero-order valence-electron chi connectivity index (χ0n) is 39.6. The summed E-state index contributed by atoms with van der Waals surface area (Å²) < 4.78 is 65.9. The molecule has 0 aromatic heterocycles. The molecule has 0 aromatic rings. The van der Waals surface area contributed by atoms with Gasteiger partial charge in [0, 0.05) is 0 Å². The molecule has 0 saturated carbocycles. The number of carbonyl (C=O) groups is 8. The summed E-state index contributed by atoms with van der Waals surface area (Å²) in [5.74, 6) is -11.9. The summed E-state index contributed by atoms with van der Waals surface area (Å²) in [4.78, 5) is 106. The topological polar surface area (TPSA) is 238 Å². The standard InChI is InChI=1S/C44H70O19/c1-19(2)35(45)53-17-27-29(57-37(47)21(5)6)31(59-39(49)23(9)10)33(61-41(51)25(13)14)43(55-27)63-44-34(62-42(52)26(15)16)32(60-40(50)24(11)12)30(58-38(48)22(7)8)28(56-44)18-54-36(46)20(3)4/h19-34,43-44H,17-18H2,1-16H3/t27?,28?,29-,30+,31+,32?,33?,34?,43-,44+/m1/s1. The summed E-state index contributed by atoms with van der Waals surface area (Å²) in [5.41, 5.74) is 0. The highest BCUT2D eigenvalue weighted by atomic mass is 16.8. The summed E-state index contributed by atoms with van der Waals surface area (Å²) in [5, 5.41) is 0. The zero-order valence-corrected chi connectivity index (χ0v) is 39.6. The summed E-state index contributed by atoms with van der Waals surface area (Å²) in [6, 6.07) is 0. The van der Waals surface area contributed by atoms with Crippen molar-refractivity contribution in [3.63, 3.8) is 0 Å². The quantitative estimate of drug-likeness (QED) is 0.123. The smallest absolute Gasteiger partial charge is 0.308 e. The molecule has 0 spiro atoms. The van der Waals surface area contributed by atoms with Crippen LogP contribution in [0.25, 0.3) is 0 Å². The van der Waals surface area contributed by atoms with Crippen LogP contribution in [0.15, 0.2) is 0 Å². The lowest BCUT2D eigenvalue weighted by Crippen LogP contribution is -2.67. The Morgan fingerprint density at radius 3 is 0.746 bits per heavy atom. The normalized spacial score (nSPS) is 26.2.